The molecule has 7 nitrogen and oxygen atoms in total. The Kier molecular flexibility index (Phi) is 5.20. The summed E-state index contributed by atoms with van der Waals surface area (Å²) in [6.45, 7) is 1.39. The Morgan fingerprint density at radius 1 is 0.788 bits per heavy atom. The van der Waals surface area contributed by atoms with E-state index in [1.54, 1.807) is 6.33 Å². The number of hydrogen-bond acceptors (Lipinski definition) is 6. The van der Waals surface area contributed by atoms with Crippen LogP contribution in [0.3, 0.4) is 0 Å². The lowest BCUT2D eigenvalue weighted by atomic mass is 9.90. The summed E-state index contributed by atoms with van der Waals surface area (Å²) >= 11 is 0. The van der Waals surface area contributed by atoms with Crippen molar-refractivity contribution >= 4 is 11.0 Å². The summed E-state index contributed by atoms with van der Waals surface area (Å²) in [7, 11) is 0. The van der Waals surface area contributed by atoms with Gasteiger partial charge in [0.25, 0.3) is 0 Å². The van der Waals surface area contributed by atoms with Gasteiger partial charge in [-0.25, -0.2) is 4.98 Å². The second-order valence-electron chi connectivity index (χ2n) is 8.46. The summed E-state index contributed by atoms with van der Waals surface area (Å²) in [5, 5.41) is 0. The third-order valence-corrected chi connectivity index (χ3v) is 6.41. The number of aromatic nitrogens is 3. The number of ether oxygens (including phenoxy) is 4. The average molecular weight is 444 g/mol. The molecule has 1 aliphatic heterocycles. The van der Waals surface area contributed by atoms with Crippen LogP contribution in [0.15, 0.2) is 73.2 Å². The van der Waals surface area contributed by atoms with E-state index in [0.29, 0.717) is 30.9 Å². The zero-order chi connectivity index (χ0) is 22.1. The Bertz CT molecular complexity index is 1220. The maximum Gasteiger partial charge on any atom is 0.247 e. The van der Waals surface area contributed by atoms with Gasteiger partial charge in [0.2, 0.25) is 5.88 Å². The number of hydrogen-bond donors (Lipinski definition) is 0. The first-order chi connectivity index (χ1) is 16.3. The highest BCUT2D eigenvalue weighted by Gasteiger charge is 2.41. The van der Waals surface area contributed by atoms with Crippen LogP contribution in [0.4, 0.5) is 0 Å². The zero-order valence-electron chi connectivity index (χ0n) is 18.2. The van der Waals surface area contributed by atoms with Crippen molar-refractivity contribution in [1.82, 2.24) is 14.5 Å². The fourth-order valence-corrected chi connectivity index (χ4v) is 4.76. The van der Waals surface area contributed by atoms with Crippen LogP contribution in [0.25, 0.3) is 11.0 Å². The van der Waals surface area contributed by atoms with E-state index in [1.807, 2.05) is 60.7 Å². The first kappa shape index (κ1) is 20.2. The number of rotatable bonds is 5. The molecule has 1 saturated carbocycles. The quantitative estimate of drug-likeness (QED) is 0.384. The lowest BCUT2D eigenvalue weighted by Crippen LogP contribution is -2.35. The van der Waals surface area contributed by atoms with Crippen LogP contribution >= 0.6 is 0 Å². The van der Waals surface area contributed by atoms with Crippen molar-refractivity contribution in [2.24, 2.45) is 0 Å². The molecule has 2 aliphatic rings. The van der Waals surface area contributed by atoms with Gasteiger partial charge in [0.15, 0.2) is 5.79 Å². The van der Waals surface area contributed by atoms with Crippen molar-refractivity contribution < 1.29 is 18.9 Å². The van der Waals surface area contributed by atoms with Crippen LogP contribution in [0.5, 0.6) is 23.1 Å². The minimum Gasteiger partial charge on any atom is -0.457 e. The summed E-state index contributed by atoms with van der Waals surface area (Å²) in [4.78, 5) is 8.91. The lowest BCUT2D eigenvalue weighted by molar-refractivity contribution is -0.181. The molecule has 3 heterocycles. The highest BCUT2D eigenvalue weighted by atomic mass is 16.7. The molecule has 0 bridgehead atoms. The van der Waals surface area contributed by atoms with Crippen LogP contribution in [-0.4, -0.2) is 33.5 Å². The van der Waals surface area contributed by atoms with Crippen LogP contribution in [0.2, 0.25) is 0 Å². The van der Waals surface area contributed by atoms with E-state index in [1.165, 1.54) is 0 Å². The van der Waals surface area contributed by atoms with Crippen LogP contribution < -0.4 is 9.47 Å². The molecule has 7 heteroatoms. The molecule has 1 spiro atoms. The molecule has 1 saturated heterocycles. The third kappa shape index (κ3) is 4.05. The molecule has 0 unspecified atom stereocenters. The molecule has 2 aromatic carbocycles. The minimum atomic E-state index is -0.376. The number of para-hydroxylation sites is 1. The summed E-state index contributed by atoms with van der Waals surface area (Å²) in [6, 6.07) is 19.6. The first-order valence-corrected chi connectivity index (χ1v) is 11.4. The van der Waals surface area contributed by atoms with E-state index in [0.717, 1.165) is 48.2 Å². The molecule has 1 aliphatic carbocycles. The molecule has 0 N–H and O–H groups in total. The van der Waals surface area contributed by atoms with Gasteiger partial charge in [-0.1, -0.05) is 18.2 Å². The van der Waals surface area contributed by atoms with E-state index in [9.17, 15) is 0 Å². The molecule has 6 rings (SSSR count). The molecular weight excluding hydrogens is 418 g/mol. The predicted molar refractivity (Wildman–Crippen MR) is 123 cm³/mol. The van der Waals surface area contributed by atoms with Gasteiger partial charge in [-0.2, -0.15) is 4.98 Å². The van der Waals surface area contributed by atoms with Crippen LogP contribution in [0.1, 0.15) is 31.7 Å². The smallest absolute Gasteiger partial charge is 0.247 e. The van der Waals surface area contributed by atoms with Gasteiger partial charge in [-0.3, -0.25) is 0 Å². The average Bonchev–Trinajstić information content (AvgIpc) is 3.50. The fourth-order valence-electron chi connectivity index (χ4n) is 4.76. The van der Waals surface area contributed by atoms with Crippen molar-refractivity contribution in [3.05, 3.63) is 73.2 Å². The normalized spacial score (nSPS) is 18.1. The summed E-state index contributed by atoms with van der Waals surface area (Å²) in [6.07, 6.45) is 7.37. The van der Waals surface area contributed by atoms with Crippen LogP contribution in [0, 0.1) is 0 Å². The molecule has 2 aromatic heterocycles. The molecule has 2 fully saturated rings. The van der Waals surface area contributed by atoms with Gasteiger partial charge < -0.3 is 23.5 Å². The van der Waals surface area contributed by atoms with Gasteiger partial charge in [0.05, 0.1) is 18.7 Å². The molecular formula is C26H25N3O4. The Morgan fingerprint density at radius 3 is 2.18 bits per heavy atom. The van der Waals surface area contributed by atoms with E-state index < -0.39 is 0 Å². The largest absolute Gasteiger partial charge is 0.457 e. The molecule has 0 amide bonds. The Hall–Kier alpha value is -3.42. The van der Waals surface area contributed by atoms with Crippen LogP contribution in [-0.2, 0) is 9.47 Å². The number of nitrogens with zero attached hydrogens (tertiary/aromatic N) is 3. The van der Waals surface area contributed by atoms with E-state index >= 15 is 0 Å². The summed E-state index contributed by atoms with van der Waals surface area (Å²) in [5.41, 5.74) is 1.79. The molecule has 0 atom stereocenters. The molecule has 33 heavy (non-hydrogen) atoms. The molecule has 168 valence electrons. The van der Waals surface area contributed by atoms with E-state index in [-0.39, 0.29) is 5.79 Å². The fraction of sp³-hybridized carbons (Fsp3) is 0.308. The van der Waals surface area contributed by atoms with Crippen molar-refractivity contribution in [3.8, 4) is 23.1 Å². The highest BCUT2D eigenvalue weighted by Crippen LogP contribution is 2.42. The summed E-state index contributed by atoms with van der Waals surface area (Å²) in [5.74, 6) is 2.41. The lowest BCUT2D eigenvalue weighted by Gasteiger charge is -2.36. The van der Waals surface area contributed by atoms with Crippen molar-refractivity contribution in [2.75, 3.05) is 13.2 Å². The zero-order valence-corrected chi connectivity index (χ0v) is 18.2. The van der Waals surface area contributed by atoms with E-state index in [2.05, 4.69) is 20.7 Å². The monoisotopic (exact) mass is 443 g/mol. The predicted octanol–water partition coefficient (Wildman–Crippen LogP) is 5.87. The SMILES string of the molecule is c1ccc(Oc2ccc(Oc3ncnc4ccn(C5CCC6(CC5)OCCO6)c34)cc2)cc1. The third-order valence-electron chi connectivity index (χ3n) is 6.41. The Labute approximate surface area is 191 Å². The standard InChI is InChI=1S/C26H25N3O4/c1-2-4-20(5-3-1)32-21-6-8-22(9-7-21)33-25-24-23(27-18-28-25)12-15-29(24)19-10-13-26(14-11-19)30-16-17-31-26/h1-9,12,15,18-19H,10-11,13-14,16-17H2. The highest BCUT2D eigenvalue weighted by molar-refractivity contribution is 5.81. The van der Waals surface area contributed by atoms with Crippen molar-refractivity contribution in [2.45, 2.75) is 37.5 Å². The van der Waals surface area contributed by atoms with Gasteiger partial charge in [0.1, 0.15) is 29.1 Å². The van der Waals surface area contributed by atoms with Crippen molar-refractivity contribution in [3.63, 3.8) is 0 Å². The number of fused-ring (bicyclic) bond motifs is 1. The number of benzene rings is 2. The first-order valence-electron chi connectivity index (χ1n) is 11.4. The van der Waals surface area contributed by atoms with Gasteiger partial charge >= 0.3 is 0 Å². The second kappa shape index (κ2) is 8.50. The Balaban J connectivity index is 1.21. The van der Waals surface area contributed by atoms with Gasteiger partial charge in [-0.05, 0) is 55.3 Å². The van der Waals surface area contributed by atoms with Gasteiger partial charge in [0, 0.05) is 25.1 Å². The van der Waals surface area contributed by atoms with Gasteiger partial charge in [-0.15, -0.1) is 0 Å². The molecule has 4 aromatic rings. The van der Waals surface area contributed by atoms with E-state index in [4.69, 9.17) is 18.9 Å². The minimum absolute atomic E-state index is 0.330. The Morgan fingerprint density at radius 2 is 1.45 bits per heavy atom. The molecule has 0 radical (unpaired) electrons. The van der Waals surface area contributed by atoms with Crippen molar-refractivity contribution in [1.29, 1.82) is 0 Å². The second-order valence-corrected chi connectivity index (χ2v) is 8.46. The maximum atomic E-state index is 6.20. The maximum absolute atomic E-state index is 6.20. The summed E-state index contributed by atoms with van der Waals surface area (Å²) < 4.78 is 26.1. The topological polar surface area (TPSA) is 67.6 Å².